The van der Waals surface area contributed by atoms with Crippen LogP contribution in [0.5, 0.6) is 0 Å². The molecule has 1 spiro atoms. The molecule has 1 saturated heterocycles. The first-order valence-electron chi connectivity index (χ1n) is 9.42. The second kappa shape index (κ2) is 5.53. The predicted octanol–water partition coefficient (Wildman–Crippen LogP) is 2.69. The quantitative estimate of drug-likeness (QED) is 0.932. The lowest BCUT2D eigenvalue weighted by Gasteiger charge is -2.54. The molecule has 3 fully saturated rings. The Morgan fingerprint density at radius 1 is 1.44 bits per heavy atom. The molecule has 1 unspecified atom stereocenters. The maximum atomic E-state index is 13.4. The van der Waals surface area contributed by atoms with E-state index in [1.807, 2.05) is 13.0 Å². The number of H-pyrrole nitrogens is 1. The van der Waals surface area contributed by atoms with E-state index in [1.165, 1.54) is 19.3 Å². The van der Waals surface area contributed by atoms with E-state index >= 15 is 0 Å². The van der Waals surface area contributed by atoms with E-state index in [1.54, 1.807) is 6.20 Å². The third-order valence-corrected chi connectivity index (χ3v) is 6.03. The van der Waals surface area contributed by atoms with Crippen molar-refractivity contribution in [2.75, 3.05) is 13.2 Å². The number of hydrogen-bond acceptors (Lipinski definition) is 4. The summed E-state index contributed by atoms with van der Waals surface area (Å²) in [5.74, 6) is 1.79. The Bertz CT molecular complexity index is 822. The monoisotopic (exact) mass is 340 g/mol. The van der Waals surface area contributed by atoms with Crippen LogP contribution in [0.15, 0.2) is 12.3 Å². The summed E-state index contributed by atoms with van der Waals surface area (Å²) in [5.41, 5.74) is 2.04. The van der Waals surface area contributed by atoms with E-state index in [0.717, 1.165) is 36.5 Å². The third-order valence-electron chi connectivity index (χ3n) is 6.03. The van der Waals surface area contributed by atoms with Crippen LogP contribution in [0.25, 0.3) is 11.2 Å². The molecule has 132 valence electrons. The average molecular weight is 340 g/mol. The highest BCUT2D eigenvalue weighted by molar-refractivity contribution is 6.04. The number of amides is 1. The van der Waals surface area contributed by atoms with E-state index in [4.69, 9.17) is 4.74 Å². The van der Waals surface area contributed by atoms with Crippen LogP contribution in [0.3, 0.4) is 0 Å². The van der Waals surface area contributed by atoms with Gasteiger partial charge < -0.3 is 14.6 Å². The van der Waals surface area contributed by atoms with Crippen LogP contribution in [0.2, 0.25) is 0 Å². The first kappa shape index (κ1) is 15.3. The zero-order valence-electron chi connectivity index (χ0n) is 14.6. The van der Waals surface area contributed by atoms with Crippen molar-refractivity contribution >= 4 is 17.1 Å². The molecule has 0 aromatic carbocycles. The van der Waals surface area contributed by atoms with E-state index in [9.17, 15) is 4.79 Å². The van der Waals surface area contributed by atoms with E-state index in [-0.39, 0.29) is 17.6 Å². The summed E-state index contributed by atoms with van der Waals surface area (Å²) < 4.78 is 5.87. The minimum atomic E-state index is -0.101. The fraction of sp³-hybridized carbons (Fsp3) is 0.632. The summed E-state index contributed by atoms with van der Waals surface area (Å²) in [6, 6.07) is 1.83. The van der Waals surface area contributed by atoms with Gasteiger partial charge in [0.2, 0.25) is 0 Å². The molecule has 2 aromatic rings. The van der Waals surface area contributed by atoms with Crippen molar-refractivity contribution in [3.8, 4) is 0 Å². The Labute approximate surface area is 147 Å². The molecule has 0 radical (unpaired) electrons. The molecule has 1 N–H and O–H groups in total. The molecule has 2 saturated carbocycles. The first-order chi connectivity index (χ1) is 12.1. The van der Waals surface area contributed by atoms with Gasteiger partial charge in [-0.25, -0.2) is 9.97 Å². The number of carbonyl (C=O) groups excluding carboxylic acids is 1. The Morgan fingerprint density at radius 3 is 3.00 bits per heavy atom. The Balaban J connectivity index is 1.50. The Morgan fingerprint density at radius 2 is 2.28 bits per heavy atom. The van der Waals surface area contributed by atoms with Crippen LogP contribution < -0.4 is 0 Å². The van der Waals surface area contributed by atoms with Gasteiger partial charge in [0.1, 0.15) is 5.82 Å². The molecule has 6 nitrogen and oxygen atoms in total. The summed E-state index contributed by atoms with van der Waals surface area (Å²) in [4.78, 5) is 27.8. The zero-order valence-corrected chi connectivity index (χ0v) is 14.6. The fourth-order valence-corrected chi connectivity index (χ4v) is 4.15. The number of carbonyl (C=O) groups is 1. The van der Waals surface area contributed by atoms with Gasteiger partial charge in [-0.05, 0) is 51.0 Å². The largest absolute Gasteiger partial charge is 0.374 e. The topological polar surface area (TPSA) is 71.1 Å². The molecular formula is C19H24N4O2. The molecule has 1 atom stereocenters. The molecule has 1 amide bonds. The minimum absolute atomic E-state index is 0.0831. The normalized spacial score (nSPS) is 25.3. The molecule has 1 aliphatic heterocycles. The highest BCUT2D eigenvalue weighted by atomic mass is 16.5. The maximum Gasteiger partial charge on any atom is 0.256 e. The van der Waals surface area contributed by atoms with Crippen molar-refractivity contribution in [2.45, 2.75) is 57.1 Å². The number of morpholine rings is 1. The standard InChI is InChI=1S/C19H24N4O2/c1-12-10-23(19(11-25-12)6-2-7-19)18(24)14-5-8-20-17-16(14)21-15(22-17)9-13-3-4-13/h5,8,12-13H,2-4,6-7,9-11H2,1H3,(H,20,21,22). The highest BCUT2D eigenvalue weighted by Gasteiger charge is 2.48. The molecule has 6 heteroatoms. The number of aromatic nitrogens is 3. The summed E-state index contributed by atoms with van der Waals surface area (Å²) in [6.07, 6.45) is 8.56. The van der Waals surface area contributed by atoms with E-state index in [2.05, 4.69) is 19.9 Å². The number of ether oxygens (including phenoxy) is 1. The van der Waals surface area contributed by atoms with Gasteiger partial charge in [-0.2, -0.15) is 0 Å². The van der Waals surface area contributed by atoms with Crippen LogP contribution in [0, 0.1) is 5.92 Å². The van der Waals surface area contributed by atoms with Gasteiger partial charge in [0.25, 0.3) is 5.91 Å². The number of hydrogen-bond donors (Lipinski definition) is 1. The van der Waals surface area contributed by atoms with Crippen LogP contribution in [-0.4, -0.2) is 50.6 Å². The number of nitrogens with zero attached hydrogens (tertiary/aromatic N) is 3. The summed E-state index contributed by atoms with van der Waals surface area (Å²) in [7, 11) is 0. The van der Waals surface area contributed by atoms with Crippen molar-refractivity contribution in [2.24, 2.45) is 5.92 Å². The van der Waals surface area contributed by atoms with E-state index in [0.29, 0.717) is 24.4 Å². The molecule has 2 aromatic heterocycles. The zero-order chi connectivity index (χ0) is 17.0. The Hall–Kier alpha value is -1.95. The van der Waals surface area contributed by atoms with Crippen molar-refractivity contribution in [1.82, 2.24) is 19.9 Å². The summed E-state index contributed by atoms with van der Waals surface area (Å²) >= 11 is 0. The number of pyridine rings is 1. The van der Waals surface area contributed by atoms with E-state index < -0.39 is 0 Å². The number of rotatable bonds is 3. The van der Waals surface area contributed by atoms with Gasteiger partial charge >= 0.3 is 0 Å². The van der Waals surface area contributed by atoms with Gasteiger partial charge in [0.05, 0.1) is 29.3 Å². The second-order valence-corrected chi connectivity index (χ2v) is 8.00. The van der Waals surface area contributed by atoms with Crippen molar-refractivity contribution in [3.05, 3.63) is 23.7 Å². The van der Waals surface area contributed by atoms with Gasteiger partial charge in [-0.15, -0.1) is 0 Å². The molecule has 5 rings (SSSR count). The van der Waals surface area contributed by atoms with Gasteiger partial charge in [0.15, 0.2) is 5.65 Å². The SMILES string of the molecule is CC1CN(C(=O)c2ccnc3nc(CC4CC4)[nH]c23)C2(CCC2)CO1. The molecule has 3 heterocycles. The second-order valence-electron chi connectivity index (χ2n) is 8.00. The van der Waals surface area contributed by atoms with Crippen LogP contribution in [-0.2, 0) is 11.2 Å². The fourth-order valence-electron chi connectivity index (χ4n) is 4.15. The van der Waals surface area contributed by atoms with Crippen LogP contribution in [0.1, 0.15) is 55.2 Å². The van der Waals surface area contributed by atoms with Crippen molar-refractivity contribution in [3.63, 3.8) is 0 Å². The number of imidazole rings is 1. The number of aromatic amines is 1. The average Bonchev–Trinajstić information content (AvgIpc) is 3.28. The lowest BCUT2D eigenvalue weighted by atomic mass is 9.74. The molecule has 2 aliphatic carbocycles. The van der Waals surface area contributed by atoms with Gasteiger partial charge in [0, 0.05) is 19.2 Å². The highest BCUT2D eigenvalue weighted by Crippen LogP contribution is 2.41. The lowest BCUT2D eigenvalue weighted by Crippen LogP contribution is -2.64. The summed E-state index contributed by atoms with van der Waals surface area (Å²) in [6.45, 7) is 3.35. The maximum absolute atomic E-state index is 13.4. The van der Waals surface area contributed by atoms with Crippen molar-refractivity contribution < 1.29 is 9.53 Å². The van der Waals surface area contributed by atoms with Gasteiger partial charge in [-0.1, -0.05) is 0 Å². The smallest absolute Gasteiger partial charge is 0.256 e. The third kappa shape index (κ3) is 2.54. The Kier molecular flexibility index (Phi) is 3.39. The molecule has 0 bridgehead atoms. The van der Waals surface area contributed by atoms with Crippen molar-refractivity contribution in [1.29, 1.82) is 0 Å². The van der Waals surface area contributed by atoms with Crippen LogP contribution >= 0.6 is 0 Å². The molecule has 25 heavy (non-hydrogen) atoms. The summed E-state index contributed by atoms with van der Waals surface area (Å²) in [5, 5.41) is 0. The predicted molar refractivity (Wildman–Crippen MR) is 93.3 cm³/mol. The molecular weight excluding hydrogens is 316 g/mol. The minimum Gasteiger partial charge on any atom is -0.374 e. The molecule has 3 aliphatic rings. The van der Waals surface area contributed by atoms with Crippen LogP contribution in [0.4, 0.5) is 0 Å². The first-order valence-corrected chi connectivity index (χ1v) is 9.42. The van der Waals surface area contributed by atoms with Gasteiger partial charge in [-0.3, -0.25) is 4.79 Å². The number of nitrogens with one attached hydrogen (secondary N) is 1. The lowest BCUT2D eigenvalue weighted by molar-refractivity contribution is -0.118. The number of fused-ring (bicyclic) bond motifs is 1.